The number of hydrogen-bond donors (Lipinski definition) is 2. The van der Waals surface area contributed by atoms with E-state index in [-0.39, 0.29) is 18.4 Å². The maximum atomic E-state index is 13.0. The molecule has 180 valence electrons. The lowest BCUT2D eigenvalue weighted by atomic mass is 10.1. The standard InChI is InChI=1S/C24H22F3N7O/c25-24(26,27)16-3-1-2-14(10-16)11-19(35)33-9-8-18(12-33)34-23-20(22(29)30-13-31-23)21(32-34)15-4-6-17(28)7-5-15/h1-7,10,13,18H,8-9,11-12,28H2,(H2,29,30,31)/t18-/m0/s1. The molecular formula is C24H22F3N7O. The van der Waals surface area contributed by atoms with E-state index in [4.69, 9.17) is 16.6 Å². The van der Waals surface area contributed by atoms with Crippen LogP contribution in [0.15, 0.2) is 54.9 Å². The minimum Gasteiger partial charge on any atom is -0.399 e. The third-order valence-electron chi connectivity index (χ3n) is 6.17. The molecule has 1 saturated heterocycles. The van der Waals surface area contributed by atoms with Gasteiger partial charge in [0.1, 0.15) is 17.8 Å². The second-order valence-corrected chi connectivity index (χ2v) is 8.53. The molecule has 35 heavy (non-hydrogen) atoms. The quantitative estimate of drug-likeness (QED) is 0.430. The van der Waals surface area contributed by atoms with E-state index in [1.165, 1.54) is 18.5 Å². The summed E-state index contributed by atoms with van der Waals surface area (Å²) in [6, 6.07) is 11.9. The number of fused-ring (bicyclic) bond motifs is 1. The van der Waals surface area contributed by atoms with Gasteiger partial charge in [0.15, 0.2) is 5.65 Å². The zero-order valence-corrected chi connectivity index (χ0v) is 18.5. The first-order valence-electron chi connectivity index (χ1n) is 11.0. The number of aromatic nitrogens is 4. The minimum absolute atomic E-state index is 0.109. The van der Waals surface area contributed by atoms with Crippen molar-refractivity contribution in [1.29, 1.82) is 0 Å². The van der Waals surface area contributed by atoms with Crippen LogP contribution in [-0.2, 0) is 17.4 Å². The summed E-state index contributed by atoms with van der Waals surface area (Å²) < 4.78 is 40.8. The van der Waals surface area contributed by atoms with Crippen molar-refractivity contribution < 1.29 is 18.0 Å². The van der Waals surface area contributed by atoms with Gasteiger partial charge in [-0.15, -0.1) is 0 Å². The molecule has 0 bridgehead atoms. The summed E-state index contributed by atoms with van der Waals surface area (Å²) in [6.07, 6.45) is -2.57. The highest BCUT2D eigenvalue weighted by Gasteiger charge is 2.32. The Bertz CT molecular complexity index is 1400. The molecular weight excluding hydrogens is 459 g/mol. The van der Waals surface area contributed by atoms with E-state index >= 15 is 0 Å². The largest absolute Gasteiger partial charge is 0.416 e. The van der Waals surface area contributed by atoms with E-state index in [0.717, 1.165) is 17.7 Å². The number of nitrogen functional groups attached to an aromatic ring is 2. The number of rotatable bonds is 4. The van der Waals surface area contributed by atoms with Crippen molar-refractivity contribution in [2.75, 3.05) is 24.6 Å². The molecule has 5 rings (SSSR count). The Balaban J connectivity index is 1.39. The lowest BCUT2D eigenvalue weighted by Crippen LogP contribution is -2.30. The number of carbonyl (C=O) groups excluding carboxylic acids is 1. The summed E-state index contributed by atoms with van der Waals surface area (Å²) >= 11 is 0. The summed E-state index contributed by atoms with van der Waals surface area (Å²) in [5, 5.41) is 5.40. The van der Waals surface area contributed by atoms with Crippen molar-refractivity contribution in [3.8, 4) is 11.3 Å². The van der Waals surface area contributed by atoms with Gasteiger partial charge in [-0.3, -0.25) is 4.79 Å². The molecule has 2 aromatic heterocycles. The molecule has 4 aromatic rings. The zero-order valence-electron chi connectivity index (χ0n) is 18.5. The SMILES string of the molecule is Nc1ccc(-c2nn([C@H]3CCN(C(=O)Cc4cccc(C(F)(F)F)c4)C3)c3ncnc(N)c23)cc1. The highest BCUT2D eigenvalue weighted by molar-refractivity contribution is 5.98. The van der Waals surface area contributed by atoms with Gasteiger partial charge in [0.05, 0.1) is 23.4 Å². The van der Waals surface area contributed by atoms with Gasteiger partial charge in [-0.2, -0.15) is 18.3 Å². The van der Waals surface area contributed by atoms with Crippen LogP contribution in [0, 0.1) is 0 Å². The molecule has 2 aromatic carbocycles. The molecule has 1 aliphatic heterocycles. The summed E-state index contributed by atoms with van der Waals surface area (Å²) in [5.41, 5.74) is 14.1. The molecule has 1 atom stereocenters. The number of likely N-dealkylation sites (tertiary alicyclic amines) is 1. The Kier molecular flexibility index (Phi) is 5.54. The number of alkyl halides is 3. The molecule has 4 N–H and O–H groups in total. The predicted molar refractivity (Wildman–Crippen MR) is 125 cm³/mol. The zero-order chi connectivity index (χ0) is 24.7. The van der Waals surface area contributed by atoms with E-state index in [1.807, 2.05) is 12.1 Å². The lowest BCUT2D eigenvalue weighted by Gasteiger charge is -2.17. The van der Waals surface area contributed by atoms with Gasteiger partial charge in [0, 0.05) is 24.3 Å². The van der Waals surface area contributed by atoms with Crippen molar-refractivity contribution in [2.45, 2.75) is 25.1 Å². The molecule has 1 amide bonds. The number of carbonyl (C=O) groups is 1. The van der Waals surface area contributed by atoms with Gasteiger partial charge >= 0.3 is 6.18 Å². The second-order valence-electron chi connectivity index (χ2n) is 8.53. The number of benzene rings is 2. The third-order valence-corrected chi connectivity index (χ3v) is 6.17. The van der Waals surface area contributed by atoms with E-state index in [2.05, 4.69) is 9.97 Å². The van der Waals surface area contributed by atoms with Crippen LogP contribution in [-0.4, -0.2) is 43.6 Å². The number of hydrogen-bond acceptors (Lipinski definition) is 6. The smallest absolute Gasteiger partial charge is 0.399 e. The number of halogens is 3. The lowest BCUT2D eigenvalue weighted by molar-refractivity contribution is -0.138. The van der Waals surface area contributed by atoms with E-state index in [1.54, 1.807) is 21.7 Å². The topological polar surface area (TPSA) is 116 Å². The Hall–Kier alpha value is -4.15. The Labute approximate surface area is 198 Å². The molecule has 0 unspecified atom stereocenters. The Morgan fingerprint density at radius 2 is 1.86 bits per heavy atom. The Morgan fingerprint density at radius 3 is 2.60 bits per heavy atom. The minimum atomic E-state index is -4.45. The highest BCUT2D eigenvalue weighted by atomic mass is 19.4. The van der Waals surface area contributed by atoms with Crippen molar-refractivity contribution in [3.63, 3.8) is 0 Å². The number of nitrogens with two attached hydrogens (primary N) is 2. The van der Waals surface area contributed by atoms with Gasteiger partial charge in [-0.05, 0) is 30.2 Å². The van der Waals surface area contributed by atoms with Crippen LogP contribution in [0.4, 0.5) is 24.7 Å². The number of nitrogens with zero attached hydrogens (tertiary/aromatic N) is 5. The van der Waals surface area contributed by atoms with Crippen LogP contribution in [0.1, 0.15) is 23.6 Å². The average Bonchev–Trinajstić information content (AvgIpc) is 3.45. The van der Waals surface area contributed by atoms with Gasteiger partial charge < -0.3 is 16.4 Å². The predicted octanol–water partition coefficient (Wildman–Crippen LogP) is 3.69. The van der Waals surface area contributed by atoms with Crippen molar-refractivity contribution in [2.24, 2.45) is 0 Å². The monoisotopic (exact) mass is 481 g/mol. The fraction of sp³-hybridized carbons (Fsp3) is 0.250. The molecule has 0 radical (unpaired) electrons. The van der Waals surface area contributed by atoms with Gasteiger partial charge in [0.2, 0.25) is 5.91 Å². The molecule has 0 aliphatic carbocycles. The first-order valence-corrected chi connectivity index (χ1v) is 11.0. The Morgan fingerprint density at radius 1 is 1.09 bits per heavy atom. The van der Waals surface area contributed by atoms with Crippen molar-refractivity contribution in [1.82, 2.24) is 24.6 Å². The normalized spacial score (nSPS) is 16.2. The third kappa shape index (κ3) is 4.36. The molecule has 1 fully saturated rings. The number of anilines is 2. The van der Waals surface area contributed by atoms with Crippen LogP contribution in [0.2, 0.25) is 0 Å². The summed E-state index contributed by atoms with van der Waals surface area (Å²) in [7, 11) is 0. The van der Waals surface area contributed by atoms with Crippen LogP contribution in [0.25, 0.3) is 22.3 Å². The van der Waals surface area contributed by atoms with Gasteiger partial charge in [-0.1, -0.05) is 30.3 Å². The number of amides is 1. The van der Waals surface area contributed by atoms with E-state index in [9.17, 15) is 18.0 Å². The summed E-state index contributed by atoms with van der Waals surface area (Å²) in [5.74, 6) is 0.0553. The van der Waals surface area contributed by atoms with E-state index in [0.29, 0.717) is 53.3 Å². The molecule has 11 heteroatoms. The maximum absolute atomic E-state index is 13.0. The van der Waals surface area contributed by atoms with Crippen LogP contribution < -0.4 is 11.5 Å². The van der Waals surface area contributed by atoms with Crippen LogP contribution in [0.3, 0.4) is 0 Å². The second kappa shape index (κ2) is 8.57. The van der Waals surface area contributed by atoms with E-state index < -0.39 is 11.7 Å². The highest BCUT2D eigenvalue weighted by Crippen LogP contribution is 2.34. The summed E-state index contributed by atoms with van der Waals surface area (Å²) in [4.78, 5) is 23.0. The van der Waals surface area contributed by atoms with Crippen LogP contribution >= 0.6 is 0 Å². The average molecular weight is 481 g/mol. The molecule has 0 saturated carbocycles. The first-order chi connectivity index (χ1) is 16.7. The molecule has 1 aliphatic rings. The van der Waals surface area contributed by atoms with Gasteiger partial charge in [-0.25, -0.2) is 14.6 Å². The first kappa shape index (κ1) is 22.6. The van der Waals surface area contributed by atoms with Gasteiger partial charge in [0.25, 0.3) is 0 Å². The molecule has 3 heterocycles. The fourth-order valence-corrected chi connectivity index (χ4v) is 4.41. The summed E-state index contributed by atoms with van der Waals surface area (Å²) in [6.45, 7) is 0.821. The van der Waals surface area contributed by atoms with Crippen molar-refractivity contribution in [3.05, 3.63) is 66.0 Å². The molecule has 0 spiro atoms. The maximum Gasteiger partial charge on any atom is 0.416 e. The fourth-order valence-electron chi connectivity index (χ4n) is 4.41. The van der Waals surface area contributed by atoms with Crippen molar-refractivity contribution >= 4 is 28.4 Å². The molecule has 8 nitrogen and oxygen atoms in total. The van der Waals surface area contributed by atoms with Crippen LogP contribution in [0.5, 0.6) is 0 Å².